The molecule has 5 heteroatoms. The maximum Gasteiger partial charge on any atom is 0.261 e. The quantitative estimate of drug-likeness (QED) is 0.746. The summed E-state index contributed by atoms with van der Waals surface area (Å²) >= 11 is 9.46. The highest BCUT2D eigenvalue weighted by molar-refractivity contribution is 9.10. The van der Waals surface area contributed by atoms with Gasteiger partial charge in [0.15, 0.2) is 6.61 Å². The molecule has 2 fully saturated rings. The van der Waals surface area contributed by atoms with Gasteiger partial charge < -0.3 is 9.64 Å². The van der Waals surface area contributed by atoms with E-state index in [-0.39, 0.29) is 12.5 Å². The predicted molar refractivity (Wildman–Crippen MR) is 86.7 cm³/mol. The van der Waals surface area contributed by atoms with Crippen LogP contribution in [0.5, 0.6) is 5.75 Å². The average Bonchev–Trinajstić information content (AvgIpc) is 3.29. The van der Waals surface area contributed by atoms with Crippen LogP contribution in [0.25, 0.3) is 0 Å². The monoisotopic (exact) mass is 371 g/mol. The molecule has 0 aromatic heterocycles. The molecule has 21 heavy (non-hydrogen) atoms. The van der Waals surface area contributed by atoms with Crippen LogP contribution in [0.2, 0.25) is 5.02 Å². The normalized spacial score (nSPS) is 19.2. The van der Waals surface area contributed by atoms with E-state index in [0.717, 1.165) is 17.3 Å². The molecule has 2 saturated carbocycles. The van der Waals surface area contributed by atoms with Crippen LogP contribution < -0.4 is 4.74 Å². The first-order valence-corrected chi connectivity index (χ1v) is 8.62. The zero-order chi connectivity index (χ0) is 15.0. The second-order valence-electron chi connectivity index (χ2n) is 5.97. The molecule has 1 atom stereocenters. The third-order valence-corrected chi connectivity index (χ3v) is 5.00. The Bertz CT molecular complexity index is 543. The topological polar surface area (TPSA) is 29.5 Å². The van der Waals surface area contributed by atoms with Crippen LogP contribution in [-0.4, -0.2) is 29.5 Å². The number of halogens is 2. The summed E-state index contributed by atoms with van der Waals surface area (Å²) in [6.45, 7) is 2.23. The van der Waals surface area contributed by atoms with Gasteiger partial charge in [-0.05, 0) is 56.7 Å². The molecule has 0 N–H and O–H groups in total. The molecule has 1 unspecified atom stereocenters. The van der Waals surface area contributed by atoms with E-state index in [4.69, 9.17) is 16.3 Å². The van der Waals surface area contributed by atoms with Crippen LogP contribution in [0.15, 0.2) is 22.7 Å². The highest BCUT2D eigenvalue weighted by Crippen LogP contribution is 2.39. The molecule has 0 bridgehead atoms. The van der Waals surface area contributed by atoms with Crippen molar-refractivity contribution in [2.75, 3.05) is 6.61 Å². The maximum atomic E-state index is 12.5. The van der Waals surface area contributed by atoms with Gasteiger partial charge in [0.05, 0.1) is 5.02 Å². The number of carbonyl (C=O) groups is 1. The fraction of sp³-hybridized carbons (Fsp3) is 0.562. The standard InChI is InChI=1S/C16H19BrClNO2/c1-10(11-2-3-11)19(13-5-6-13)16(20)9-21-15-7-4-12(17)8-14(15)18/h4,7-8,10-11,13H,2-3,5-6,9H2,1H3. The molecule has 114 valence electrons. The van der Waals surface area contributed by atoms with Crippen molar-refractivity contribution in [1.82, 2.24) is 4.90 Å². The van der Waals surface area contributed by atoms with Crippen LogP contribution in [0.4, 0.5) is 0 Å². The number of hydrogen-bond acceptors (Lipinski definition) is 2. The van der Waals surface area contributed by atoms with Crippen molar-refractivity contribution in [3.8, 4) is 5.75 Å². The van der Waals surface area contributed by atoms with Crippen molar-refractivity contribution in [2.24, 2.45) is 5.92 Å². The Labute approximate surface area is 138 Å². The van der Waals surface area contributed by atoms with E-state index in [9.17, 15) is 4.79 Å². The van der Waals surface area contributed by atoms with E-state index >= 15 is 0 Å². The molecule has 0 aliphatic heterocycles. The molecule has 1 amide bonds. The number of ether oxygens (including phenoxy) is 1. The van der Waals surface area contributed by atoms with Crippen molar-refractivity contribution in [3.63, 3.8) is 0 Å². The third-order valence-electron chi connectivity index (χ3n) is 4.22. The molecule has 3 nitrogen and oxygen atoms in total. The van der Waals surface area contributed by atoms with Gasteiger partial charge in [-0.15, -0.1) is 0 Å². The van der Waals surface area contributed by atoms with Crippen molar-refractivity contribution in [3.05, 3.63) is 27.7 Å². The first-order chi connectivity index (χ1) is 10.1. The van der Waals surface area contributed by atoms with Gasteiger partial charge in [-0.25, -0.2) is 0 Å². The molecule has 2 aliphatic carbocycles. The molecule has 0 spiro atoms. The Morgan fingerprint density at radius 2 is 2.14 bits per heavy atom. The molecule has 1 aromatic carbocycles. The Kier molecular flexibility index (Phi) is 4.46. The maximum absolute atomic E-state index is 12.5. The molecule has 3 rings (SSSR count). The van der Waals surface area contributed by atoms with Gasteiger partial charge in [-0.3, -0.25) is 4.79 Å². The molecular weight excluding hydrogens is 354 g/mol. The van der Waals surface area contributed by atoms with E-state index in [2.05, 4.69) is 22.9 Å². The fourth-order valence-corrected chi connectivity index (χ4v) is 3.46. The van der Waals surface area contributed by atoms with Gasteiger partial charge >= 0.3 is 0 Å². The van der Waals surface area contributed by atoms with E-state index < -0.39 is 0 Å². The molecule has 1 aromatic rings. The van der Waals surface area contributed by atoms with Crippen LogP contribution in [0.1, 0.15) is 32.6 Å². The Morgan fingerprint density at radius 1 is 1.43 bits per heavy atom. The van der Waals surface area contributed by atoms with E-state index in [1.165, 1.54) is 12.8 Å². The van der Waals surface area contributed by atoms with Gasteiger partial charge in [-0.2, -0.15) is 0 Å². The van der Waals surface area contributed by atoms with Crippen molar-refractivity contribution >= 4 is 33.4 Å². The Hall–Kier alpha value is -0.740. The summed E-state index contributed by atoms with van der Waals surface area (Å²) < 4.78 is 6.52. The fourth-order valence-electron chi connectivity index (χ4n) is 2.73. The lowest BCUT2D eigenvalue weighted by Gasteiger charge is -2.29. The van der Waals surface area contributed by atoms with Gasteiger partial charge in [0.25, 0.3) is 5.91 Å². The summed E-state index contributed by atoms with van der Waals surface area (Å²) in [6.07, 6.45) is 4.75. The molecule has 0 saturated heterocycles. The number of rotatable bonds is 6. The molecule has 0 heterocycles. The molecule has 0 radical (unpaired) electrons. The van der Waals surface area contributed by atoms with Crippen LogP contribution in [0, 0.1) is 5.92 Å². The zero-order valence-corrected chi connectivity index (χ0v) is 14.4. The lowest BCUT2D eigenvalue weighted by Crippen LogP contribution is -2.44. The summed E-state index contributed by atoms with van der Waals surface area (Å²) in [5.41, 5.74) is 0. The smallest absolute Gasteiger partial charge is 0.261 e. The van der Waals surface area contributed by atoms with E-state index in [1.54, 1.807) is 12.1 Å². The SMILES string of the molecule is CC(C1CC1)N(C(=O)COc1ccc(Br)cc1Cl)C1CC1. The Balaban J connectivity index is 1.61. The largest absolute Gasteiger partial charge is 0.482 e. The van der Waals surface area contributed by atoms with Gasteiger partial charge in [0, 0.05) is 16.6 Å². The predicted octanol–water partition coefficient (Wildman–Crippen LogP) is 4.27. The summed E-state index contributed by atoms with van der Waals surface area (Å²) in [5.74, 6) is 1.32. The average molecular weight is 373 g/mol. The number of hydrogen-bond donors (Lipinski definition) is 0. The summed E-state index contributed by atoms with van der Waals surface area (Å²) in [6, 6.07) is 6.18. The van der Waals surface area contributed by atoms with Gasteiger partial charge in [0.2, 0.25) is 0 Å². The van der Waals surface area contributed by atoms with Crippen molar-refractivity contribution in [2.45, 2.75) is 44.7 Å². The van der Waals surface area contributed by atoms with Crippen molar-refractivity contribution in [1.29, 1.82) is 0 Å². The highest BCUT2D eigenvalue weighted by Gasteiger charge is 2.41. The number of carbonyl (C=O) groups excluding carboxylic acids is 1. The number of benzene rings is 1. The summed E-state index contributed by atoms with van der Waals surface area (Å²) in [7, 11) is 0. The van der Waals surface area contributed by atoms with Crippen LogP contribution in [-0.2, 0) is 4.79 Å². The van der Waals surface area contributed by atoms with Gasteiger partial charge in [0.1, 0.15) is 5.75 Å². The Morgan fingerprint density at radius 3 is 2.71 bits per heavy atom. The number of nitrogens with zero attached hydrogens (tertiary/aromatic N) is 1. The van der Waals surface area contributed by atoms with E-state index in [0.29, 0.717) is 28.8 Å². The van der Waals surface area contributed by atoms with Crippen molar-refractivity contribution < 1.29 is 9.53 Å². The summed E-state index contributed by atoms with van der Waals surface area (Å²) in [4.78, 5) is 14.5. The second-order valence-corrected chi connectivity index (χ2v) is 7.30. The van der Waals surface area contributed by atoms with Gasteiger partial charge in [-0.1, -0.05) is 27.5 Å². The minimum atomic E-state index is 0.0644. The van der Waals surface area contributed by atoms with Crippen LogP contribution >= 0.6 is 27.5 Å². The molecule has 2 aliphatic rings. The molecular formula is C16H19BrClNO2. The zero-order valence-electron chi connectivity index (χ0n) is 12.0. The highest BCUT2D eigenvalue weighted by atomic mass is 79.9. The first-order valence-electron chi connectivity index (χ1n) is 7.45. The van der Waals surface area contributed by atoms with E-state index in [1.807, 2.05) is 11.0 Å². The third kappa shape index (κ3) is 3.72. The lowest BCUT2D eigenvalue weighted by atomic mass is 10.1. The van der Waals surface area contributed by atoms with Crippen LogP contribution in [0.3, 0.4) is 0 Å². The minimum absolute atomic E-state index is 0.0644. The summed E-state index contributed by atoms with van der Waals surface area (Å²) in [5, 5.41) is 0.519. The minimum Gasteiger partial charge on any atom is -0.482 e. The second kappa shape index (κ2) is 6.17. The lowest BCUT2D eigenvalue weighted by molar-refractivity contribution is -0.136. The number of amides is 1. The first kappa shape index (κ1) is 15.2.